The molecule has 1 aromatic rings. The molecule has 0 spiro atoms. The van der Waals surface area contributed by atoms with Gasteiger partial charge in [-0.25, -0.2) is 5.43 Å². The molecule has 1 aromatic carbocycles. The molecule has 3 N–H and O–H groups in total. The van der Waals surface area contributed by atoms with Gasteiger partial charge in [-0.2, -0.15) is 5.10 Å². The predicted octanol–water partition coefficient (Wildman–Crippen LogP) is 3.83. The van der Waals surface area contributed by atoms with Crippen LogP contribution < -0.4 is 10.7 Å². The Balaban J connectivity index is 2.23. The molecule has 6 nitrogen and oxygen atoms in total. The molecule has 6 heteroatoms. The van der Waals surface area contributed by atoms with Gasteiger partial charge in [-0.05, 0) is 24.5 Å². The van der Waals surface area contributed by atoms with Crippen LogP contribution >= 0.6 is 0 Å². The summed E-state index contributed by atoms with van der Waals surface area (Å²) in [6.07, 6.45) is 12.1. The van der Waals surface area contributed by atoms with Gasteiger partial charge in [0.2, 0.25) is 5.91 Å². The fraction of sp³-hybridized carbons (Fsp3) is 0.500. The fourth-order valence-corrected chi connectivity index (χ4v) is 2.76. The second-order valence-electron chi connectivity index (χ2n) is 6.79. The van der Waals surface area contributed by atoms with Crippen molar-refractivity contribution in [2.24, 2.45) is 5.10 Å². The summed E-state index contributed by atoms with van der Waals surface area (Å²) < 4.78 is 0. The number of hydrogen-bond donors (Lipinski definition) is 3. The highest BCUT2D eigenvalue weighted by Crippen LogP contribution is 2.21. The van der Waals surface area contributed by atoms with Crippen LogP contribution in [0.4, 0.5) is 0 Å². The number of carbonyl (C=O) groups excluding carboxylic acids is 2. The number of phenolic OH excluding ortho intramolecular Hbond substituents is 1. The van der Waals surface area contributed by atoms with Gasteiger partial charge in [0.15, 0.2) is 0 Å². The summed E-state index contributed by atoms with van der Waals surface area (Å²) in [4.78, 5) is 23.5. The van der Waals surface area contributed by atoms with Crippen molar-refractivity contribution in [3.63, 3.8) is 0 Å². The monoisotopic (exact) mass is 387 g/mol. The zero-order valence-corrected chi connectivity index (χ0v) is 16.9. The molecule has 0 radical (unpaired) electrons. The molecule has 0 heterocycles. The van der Waals surface area contributed by atoms with E-state index in [0.29, 0.717) is 18.4 Å². The number of carbonyl (C=O) groups is 2. The van der Waals surface area contributed by atoms with E-state index in [4.69, 9.17) is 0 Å². The molecule has 2 amide bonds. The molecule has 28 heavy (non-hydrogen) atoms. The number of hydrogen-bond acceptors (Lipinski definition) is 4. The number of rotatable bonds is 14. The molecule has 0 aliphatic carbocycles. The van der Waals surface area contributed by atoms with Crippen LogP contribution in [0.3, 0.4) is 0 Å². The molecule has 154 valence electrons. The van der Waals surface area contributed by atoms with Crippen LogP contribution in [0.2, 0.25) is 0 Å². The van der Waals surface area contributed by atoms with Crippen LogP contribution in [0.1, 0.15) is 69.4 Å². The standard InChI is InChI=1S/C22H33N3O3/c1-3-5-6-7-8-9-10-15-20(26)23-17-21(27)25-24-16-19-14-11-13-18(12-4-2)22(19)28/h4,11,13-14,16,28H,2-3,5-10,12,15,17H2,1H3,(H,23,26)(H,25,27)/b24-16+. The molecule has 0 unspecified atom stereocenters. The lowest BCUT2D eigenvalue weighted by molar-refractivity contribution is -0.126. The fourth-order valence-electron chi connectivity index (χ4n) is 2.76. The lowest BCUT2D eigenvalue weighted by Gasteiger charge is -2.06. The first-order valence-electron chi connectivity index (χ1n) is 10.1. The summed E-state index contributed by atoms with van der Waals surface area (Å²) in [6, 6.07) is 5.29. The maximum Gasteiger partial charge on any atom is 0.259 e. The molecule has 0 saturated carbocycles. The maximum absolute atomic E-state index is 11.8. The van der Waals surface area contributed by atoms with Gasteiger partial charge in [-0.3, -0.25) is 9.59 Å². The van der Waals surface area contributed by atoms with Gasteiger partial charge >= 0.3 is 0 Å². The number of amides is 2. The van der Waals surface area contributed by atoms with E-state index in [2.05, 4.69) is 29.3 Å². The third-order valence-corrected chi connectivity index (χ3v) is 4.36. The number of benzene rings is 1. The summed E-state index contributed by atoms with van der Waals surface area (Å²) in [6.45, 7) is 5.72. The average molecular weight is 388 g/mol. The highest BCUT2D eigenvalue weighted by Gasteiger charge is 2.06. The topological polar surface area (TPSA) is 90.8 Å². The van der Waals surface area contributed by atoms with Crippen molar-refractivity contribution in [1.29, 1.82) is 0 Å². The second-order valence-corrected chi connectivity index (χ2v) is 6.79. The number of phenols is 1. The van der Waals surface area contributed by atoms with E-state index in [0.717, 1.165) is 24.8 Å². The Kier molecular flexibility index (Phi) is 12.1. The highest BCUT2D eigenvalue weighted by atomic mass is 16.3. The number of nitrogens with one attached hydrogen (secondary N) is 2. The van der Waals surface area contributed by atoms with Crippen LogP contribution in [0.15, 0.2) is 36.0 Å². The van der Waals surface area contributed by atoms with Crippen molar-refractivity contribution in [1.82, 2.24) is 10.7 Å². The summed E-state index contributed by atoms with van der Waals surface area (Å²) >= 11 is 0. The normalized spacial score (nSPS) is 10.8. The zero-order chi connectivity index (χ0) is 20.6. The Hall–Kier alpha value is -2.63. The van der Waals surface area contributed by atoms with Gasteiger partial charge in [0.25, 0.3) is 5.91 Å². The van der Waals surface area contributed by atoms with E-state index in [1.54, 1.807) is 24.3 Å². The quantitative estimate of drug-likeness (QED) is 0.196. The van der Waals surface area contributed by atoms with Gasteiger partial charge in [0, 0.05) is 12.0 Å². The van der Waals surface area contributed by atoms with Crippen molar-refractivity contribution in [2.75, 3.05) is 6.54 Å². The molecule has 0 fully saturated rings. The van der Waals surface area contributed by atoms with Crippen LogP contribution in [0.5, 0.6) is 5.75 Å². The molecular formula is C22H33N3O3. The lowest BCUT2D eigenvalue weighted by atomic mass is 10.1. The number of para-hydroxylation sites is 1. The van der Waals surface area contributed by atoms with E-state index in [9.17, 15) is 14.7 Å². The minimum absolute atomic E-state index is 0.114. The van der Waals surface area contributed by atoms with E-state index < -0.39 is 5.91 Å². The summed E-state index contributed by atoms with van der Waals surface area (Å²) in [5, 5.41) is 16.5. The molecule has 0 aromatic heterocycles. The van der Waals surface area contributed by atoms with Crippen molar-refractivity contribution in [3.8, 4) is 5.75 Å². The molecular weight excluding hydrogens is 354 g/mol. The van der Waals surface area contributed by atoms with Crippen molar-refractivity contribution >= 4 is 18.0 Å². The molecule has 0 bridgehead atoms. The van der Waals surface area contributed by atoms with Crippen LogP contribution in [0.25, 0.3) is 0 Å². The predicted molar refractivity (Wildman–Crippen MR) is 113 cm³/mol. The second kappa shape index (κ2) is 14.4. The van der Waals surface area contributed by atoms with E-state index >= 15 is 0 Å². The smallest absolute Gasteiger partial charge is 0.259 e. The number of aromatic hydroxyl groups is 1. The molecule has 0 atom stereocenters. The summed E-state index contributed by atoms with van der Waals surface area (Å²) in [5.41, 5.74) is 3.59. The molecule has 0 saturated heterocycles. The minimum Gasteiger partial charge on any atom is -0.507 e. The Morgan fingerprint density at radius 2 is 1.82 bits per heavy atom. The zero-order valence-electron chi connectivity index (χ0n) is 16.9. The van der Waals surface area contributed by atoms with Crippen LogP contribution in [-0.2, 0) is 16.0 Å². The van der Waals surface area contributed by atoms with E-state index in [1.807, 2.05) is 0 Å². The Morgan fingerprint density at radius 3 is 2.54 bits per heavy atom. The van der Waals surface area contributed by atoms with Crippen LogP contribution in [0, 0.1) is 0 Å². The third kappa shape index (κ3) is 9.90. The van der Waals surface area contributed by atoms with Crippen molar-refractivity contribution in [2.45, 2.75) is 64.7 Å². The summed E-state index contributed by atoms with van der Waals surface area (Å²) in [7, 11) is 0. The van der Waals surface area contributed by atoms with Crippen molar-refractivity contribution < 1.29 is 14.7 Å². The SMILES string of the molecule is C=CCc1cccc(/C=N/NC(=O)CNC(=O)CCCCCCCCC)c1O. The number of unbranched alkanes of at least 4 members (excludes halogenated alkanes) is 6. The Morgan fingerprint density at radius 1 is 1.11 bits per heavy atom. The van der Waals surface area contributed by atoms with Gasteiger partial charge in [0.05, 0.1) is 12.8 Å². The highest BCUT2D eigenvalue weighted by molar-refractivity contribution is 5.87. The van der Waals surface area contributed by atoms with Gasteiger partial charge in [-0.1, -0.05) is 63.7 Å². The molecule has 1 rings (SSSR count). The van der Waals surface area contributed by atoms with Crippen molar-refractivity contribution in [3.05, 3.63) is 42.0 Å². The first-order valence-corrected chi connectivity index (χ1v) is 10.1. The Bertz CT molecular complexity index is 656. The van der Waals surface area contributed by atoms with Crippen LogP contribution in [-0.4, -0.2) is 29.7 Å². The third-order valence-electron chi connectivity index (χ3n) is 4.36. The molecule has 0 aliphatic heterocycles. The summed E-state index contributed by atoms with van der Waals surface area (Å²) in [5.74, 6) is -0.420. The van der Waals surface area contributed by atoms with Gasteiger partial charge in [-0.15, -0.1) is 6.58 Å². The number of hydrazone groups is 1. The van der Waals surface area contributed by atoms with E-state index in [-0.39, 0.29) is 18.2 Å². The molecule has 0 aliphatic rings. The number of nitrogens with zero attached hydrogens (tertiary/aromatic N) is 1. The van der Waals surface area contributed by atoms with Gasteiger partial charge in [0.1, 0.15) is 5.75 Å². The maximum atomic E-state index is 11.8. The first kappa shape index (κ1) is 23.4. The lowest BCUT2D eigenvalue weighted by Crippen LogP contribution is -2.34. The minimum atomic E-state index is -0.411. The average Bonchev–Trinajstić information content (AvgIpc) is 2.68. The van der Waals surface area contributed by atoms with Gasteiger partial charge < -0.3 is 10.4 Å². The number of allylic oxidation sites excluding steroid dienone is 1. The van der Waals surface area contributed by atoms with E-state index in [1.165, 1.54) is 31.9 Å². The largest absolute Gasteiger partial charge is 0.507 e. The Labute approximate surface area is 168 Å². The first-order chi connectivity index (χ1) is 13.6.